The molecule has 1 N–H and O–H groups in total. The molecule has 0 amide bonds. The number of benzene rings is 1. The summed E-state index contributed by atoms with van der Waals surface area (Å²) >= 11 is 6.35. The standard InChI is InChI=1S/C24H29ClF2N4O2S/c1-15-5-4-11-31(15)19-8-9-24(19)10-12-30(14-24)18-13-17(25)23(22(27)16(18)2)34(32,33)29-21-7-3-6-20(26)28-21/h3,6-7,13,15,19H,4-5,8-12,14H2,1-2H3,(H,28,29)/t15-,19-,24+/m1/s1. The lowest BCUT2D eigenvalue weighted by molar-refractivity contribution is -0.0152. The Morgan fingerprint density at radius 2 is 2.00 bits per heavy atom. The topological polar surface area (TPSA) is 65.5 Å². The molecule has 1 aromatic carbocycles. The fraction of sp³-hybridized carbons (Fsp3) is 0.542. The van der Waals surface area contributed by atoms with Gasteiger partial charge in [0.1, 0.15) is 16.5 Å². The van der Waals surface area contributed by atoms with Crippen LogP contribution in [-0.4, -0.2) is 50.0 Å². The third-order valence-corrected chi connectivity index (χ3v) is 9.79. The van der Waals surface area contributed by atoms with Crippen molar-refractivity contribution >= 4 is 33.1 Å². The highest BCUT2D eigenvalue weighted by atomic mass is 35.5. The summed E-state index contributed by atoms with van der Waals surface area (Å²) in [6.07, 6.45) is 5.87. The molecule has 3 atom stereocenters. The number of nitrogens with zero attached hydrogens (tertiary/aromatic N) is 3. The highest BCUT2D eigenvalue weighted by molar-refractivity contribution is 7.92. The predicted octanol–water partition coefficient (Wildman–Crippen LogP) is 4.97. The number of aromatic nitrogens is 1. The van der Waals surface area contributed by atoms with Crippen LogP contribution in [0.4, 0.5) is 20.3 Å². The van der Waals surface area contributed by atoms with E-state index in [1.165, 1.54) is 31.4 Å². The zero-order chi connectivity index (χ0) is 24.3. The molecule has 0 radical (unpaired) electrons. The lowest BCUT2D eigenvalue weighted by atomic mass is 9.63. The maximum atomic E-state index is 15.5. The van der Waals surface area contributed by atoms with Gasteiger partial charge in [-0.05, 0) is 70.7 Å². The molecule has 3 fully saturated rings. The molecule has 0 unspecified atom stereocenters. The minimum atomic E-state index is -4.41. The summed E-state index contributed by atoms with van der Waals surface area (Å²) in [5, 5.41) is -0.207. The minimum Gasteiger partial charge on any atom is -0.371 e. The van der Waals surface area contributed by atoms with Gasteiger partial charge in [0.2, 0.25) is 5.95 Å². The van der Waals surface area contributed by atoms with Gasteiger partial charge in [-0.25, -0.2) is 17.8 Å². The van der Waals surface area contributed by atoms with Gasteiger partial charge in [0, 0.05) is 41.8 Å². The number of halogens is 3. The van der Waals surface area contributed by atoms with E-state index in [1.54, 1.807) is 13.0 Å². The maximum absolute atomic E-state index is 15.5. The number of hydrogen-bond donors (Lipinski definition) is 1. The third kappa shape index (κ3) is 3.95. The second-order valence-electron chi connectivity index (χ2n) is 9.91. The molecule has 3 heterocycles. The smallest absolute Gasteiger partial charge is 0.267 e. The Morgan fingerprint density at radius 3 is 2.65 bits per heavy atom. The van der Waals surface area contributed by atoms with Crippen LogP contribution in [0.25, 0.3) is 0 Å². The van der Waals surface area contributed by atoms with E-state index in [2.05, 4.69) is 26.4 Å². The van der Waals surface area contributed by atoms with E-state index in [0.717, 1.165) is 38.5 Å². The van der Waals surface area contributed by atoms with Crippen molar-refractivity contribution in [3.8, 4) is 0 Å². The molecular formula is C24H29ClF2N4O2S. The molecule has 6 nitrogen and oxygen atoms in total. The molecule has 10 heteroatoms. The van der Waals surface area contributed by atoms with Crippen LogP contribution >= 0.6 is 11.6 Å². The second kappa shape index (κ2) is 8.60. The number of sulfonamides is 1. The van der Waals surface area contributed by atoms with E-state index in [0.29, 0.717) is 17.8 Å². The largest absolute Gasteiger partial charge is 0.371 e. The van der Waals surface area contributed by atoms with Crippen molar-refractivity contribution in [2.45, 2.75) is 62.9 Å². The predicted molar refractivity (Wildman–Crippen MR) is 129 cm³/mol. The first kappa shape index (κ1) is 23.8. The Kier molecular flexibility index (Phi) is 6.01. The number of nitrogens with one attached hydrogen (secondary N) is 1. The van der Waals surface area contributed by atoms with Gasteiger partial charge < -0.3 is 4.90 Å². The van der Waals surface area contributed by atoms with Crippen LogP contribution in [0.15, 0.2) is 29.2 Å². The van der Waals surface area contributed by atoms with E-state index in [9.17, 15) is 12.8 Å². The van der Waals surface area contributed by atoms with Gasteiger partial charge in [-0.2, -0.15) is 4.39 Å². The fourth-order valence-corrected chi connectivity index (χ4v) is 7.79. The number of rotatable bonds is 5. The van der Waals surface area contributed by atoms with E-state index >= 15 is 4.39 Å². The molecule has 1 aromatic heterocycles. The van der Waals surface area contributed by atoms with Crippen LogP contribution in [0, 0.1) is 24.1 Å². The molecule has 2 saturated heterocycles. The molecule has 2 aliphatic heterocycles. The summed E-state index contributed by atoms with van der Waals surface area (Å²) in [5.74, 6) is -1.99. The van der Waals surface area contributed by atoms with E-state index in [4.69, 9.17) is 11.6 Å². The van der Waals surface area contributed by atoms with Crippen LogP contribution in [0.1, 0.15) is 44.6 Å². The van der Waals surface area contributed by atoms with Crippen LogP contribution < -0.4 is 9.62 Å². The van der Waals surface area contributed by atoms with Crippen molar-refractivity contribution in [2.75, 3.05) is 29.3 Å². The van der Waals surface area contributed by atoms with E-state index in [-0.39, 0.29) is 21.8 Å². The van der Waals surface area contributed by atoms with Crippen molar-refractivity contribution < 1.29 is 17.2 Å². The van der Waals surface area contributed by atoms with Crippen LogP contribution in [-0.2, 0) is 10.0 Å². The summed E-state index contributed by atoms with van der Waals surface area (Å²) in [4.78, 5) is 7.63. The zero-order valence-corrected chi connectivity index (χ0v) is 20.9. The van der Waals surface area contributed by atoms with Crippen molar-refractivity contribution in [3.63, 3.8) is 0 Å². The van der Waals surface area contributed by atoms with Gasteiger partial charge in [0.25, 0.3) is 10.0 Å². The first-order valence-electron chi connectivity index (χ1n) is 11.8. The van der Waals surface area contributed by atoms with Gasteiger partial charge in [-0.1, -0.05) is 17.7 Å². The molecule has 184 valence electrons. The van der Waals surface area contributed by atoms with Crippen LogP contribution in [0.5, 0.6) is 0 Å². The molecule has 2 aromatic rings. The molecule has 1 aliphatic carbocycles. The summed E-state index contributed by atoms with van der Waals surface area (Å²) in [6, 6.07) is 6.38. The highest BCUT2D eigenvalue weighted by Gasteiger charge is 2.54. The van der Waals surface area contributed by atoms with Gasteiger partial charge in [0.05, 0.1) is 5.02 Å². The quantitative estimate of drug-likeness (QED) is 0.576. The normalized spacial score (nSPS) is 27.4. The average Bonchev–Trinajstić information content (AvgIpc) is 3.38. The molecule has 0 bridgehead atoms. The minimum absolute atomic E-state index is 0.198. The van der Waals surface area contributed by atoms with Gasteiger partial charge in [0.15, 0.2) is 0 Å². The lowest BCUT2D eigenvalue weighted by Crippen LogP contribution is -2.57. The summed E-state index contributed by atoms with van der Waals surface area (Å²) in [7, 11) is -4.41. The number of likely N-dealkylation sites (tertiary alicyclic amines) is 1. The Morgan fingerprint density at radius 1 is 1.21 bits per heavy atom. The average molecular weight is 511 g/mol. The van der Waals surface area contributed by atoms with Crippen molar-refractivity contribution in [1.29, 1.82) is 0 Å². The monoisotopic (exact) mass is 510 g/mol. The summed E-state index contributed by atoms with van der Waals surface area (Å²) < 4.78 is 56.8. The highest BCUT2D eigenvalue weighted by Crippen LogP contribution is 2.53. The van der Waals surface area contributed by atoms with Gasteiger partial charge >= 0.3 is 0 Å². The summed E-state index contributed by atoms with van der Waals surface area (Å²) in [5.41, 5.74) is 1.06. The molecule has 3 aliphatic rings. The molecule has 5 rings (SSSR count). The van der Waals surface area contributed by atoms with Crippen LogP contribution in [0.2, 0.25) is 5.02 Å². The van der Waals surface area contributed by atoms with E-state index in [1.807, 2.05) is 0 Å². The number of pyridine rings is 1. The SMILES string of the molecule is Cc1c(N2CC[C@@]3(CC[C@H]3N3CCC[C@H]3C)C2)cc(Cl)c(S(=O)(=O)Nc2cccc(F)n2)c1F. The Bertz CT molecular complexity index is 1230. The first-order valence-corrected chi connectivity index (χ1v) is 13.6. The Hall–Kier alpha value is -1.97. The fourth-order valence-electron chi connectivity index (χ4n) is 6.11. The van der Waals surface area contributed by atoms with E-state index < -0.39 is 26.7 Å². The van der Waals surface area contributed by atoms with Gasteiger partial charge in [-0.15, -0.1) is 0 Å². The Balaban J connectivity index is 1.40. The first-order chi connectivity index (χ1) is 16.1. The number of hydrogen-bond acceptors (Lipinski definition) is 5. The lowest BCUT2D eigenvalue weighted by Gasteiger charge is -2.53. The molecule has 1 spiro atoms. The second-order valence-corrected chi connectivity index (χ2v) is 11.9. The molecular weight excluding hydrogens is 482 g/mol. The molecule has 1 saturated carbocycles. The van der Waals surface area contributed by atoms with Crippen molar-refractivity contribution in [1.82, 2.24) is 9.88 Å². The number of anilines is 2. The van der Waals surface area contributed by atoms with Crippen LogP contribution in [0.3, 0.4) is 0 Å². The van der Waals surface area contributed by atoms with Crippen molar-refractivity contribution in [3.05, 3.63) is 46.6 Å². The van der Waals surface area contributed by atoms with Gasteiger partial charge in [-0.3, -0.25) is 9.62 Å². The third-order valence-electron chi connectivity index (χ3n) is 7.97. The van der Waals surface area contributed by atoms with Crippen molar-refractivity contribution in [2.24, 2.45) is 5.41 Å². The Labute approximate surface area is 204 Å². The maximum Gasteiger partial charge on any atom is 0.267 e. The molecule has 34 heavy (non-hydrogen) atoms. The summed E-state index contributed by atoms with van der Waals surface area (Å²) in [6.45, 7) is 6.62. The zero-order valence-electron chi connectivity index (χ0n) is 19.3.